The Morgan fingerprint density at radius 1 is 1.05 bits per heavy atom. The van der Waals surface area contributed by atoms with Crippen LogP contribution < -0.4 is 9.46 Å². The first kappa shape index (κ1) is 15.1. The number of hydrogen-bond acceptors (Lipinski definition) is 4. The number of carbonyl (C=O) groups is 1. The number of sulfonamides is 1. The van der Waals surface area contributed by atoms with Crippen LogP contribution in [0.2, 0.25) is 0 Å². The Balaban J connectivity index is 2.35. The number of Topliss-reactive ketones (excluding diaryl/α,β-unsaturated/α-hetero) is 1. The highest BCUT2D eigenvalue weighted by Gasteiger charge is 2.17. The zero-order valence-electron chi connectivity index (χ0n) is 11.7. The summed E-state index contributed by atoms with van der Waals surface area (Å²) in [5.74, 6) is 0.362. The molecule has 0 bridgehead atoms. The number of ether oxygens (including phenoxy) is 1. The molecular weight excluding hydrogens is 290 g/mol. The number of para-hydroxylation sites is 1. The maximum atomic E-state index is 12.3. The standard InChI is InChI=1S/C15H15NO4S/c1-11(17)14-5-3-4-6-15(14)16-21(18,19)13-9-7-12(20-2)8-10-13/h3-10,16H,1-2H3. The van der Waals surface area contributed by atoms with Gasteiger partial charge >= 0.3 is 0 Å². The number of ketones is 1. The van der Waals surface area contributed by atoms with Crippen molar-refractivity contribution in [1.29, 1.82) is 0 Å². The Kier molecular flexibility index (Phi) is 4.28. The summed E-state index contributed by atoms with van der Waals surface area (Å²) in [5, 5.41) is 0. The predicted octanol–water partition coefficient (Wildman–Crippen LogP) is 2.70. The van der Waals surface area contributed by atoms with Crippen LogP contribution in [0.4, 0.5) is 5.69 Å². The fourth-order valence-electron chi connectivity index (χ4n) is 1.84. The highest BCUT2D eigenvalue weighted by atomic mass is 32.2. The van der Waals surface area contributed by atoms with Gasteiger partial charge in [0.05, 0.1) is 17.7 Å². The summed E-state index contributed by atoms with van der Waals surface area (Å²) in [6, 6.07) is 12.5. The van der Waals surface area contributed by atoms with Gasteiger partial charge in [-0.15, -0.1) is 0 Å². The molecule has 6 heteroatoms. The number of benzene rings is 2. The molecule has 2 aromatic rings. The fraction of sp³-hybridized carbons (Fsp3) is 0.133. The van der Waals surface area contributed by atoms with Gasteiger partial charge in [-0.3, -0.25) is 9.52 Å². The van der Waals surface area contributed by atoms with Crippen LogP contribution in [0, 0.1) is 0 Å². The van der Waals surface area contributed by atoms with Crippen LogP contribution in [0.25, 0.3) is 0 Å². The van der Waals surface area contributed by atoms with Gasteiger partial charge in [0.1, 0.15) is 5.75 Å². The molecule has 0 saturated carbocycles. The van der Waals surface area contributed by atoms with Crippen LogP contribution in [-0.2, 0) is 10.0 Å². The molecule has 0 saturated heterocycles. The summed E-state index contributed by atoms with van der Waals surface area (Å²) in [6.45, 7) is 1.39. The molecule has 0 aromatic heterocycles. The number of nitrogens with one attached hydrogen (secondary N) is 1. The summed E-state index contributed by atoms with van der Waals surface area (Å²) >= 11 is 0. The molecule has 0 aliphatic carbocycles. The van der Waals surface area contributed by atoms with Crippen LogP contribution in [0.5, 0.6) is 5.75 Å². The SMILES string of the molecule is COc1ccc(S(=O)(=O)Nc2ccccc2C(C)=O)cc1. The van der Waals surface area contributed by atoms with Gasteiger partial charge in [0.2, 0.25) is 0 Å². The quantitative estimate of drug-likeness (QED) is 0.862. The van der Waals surface area contributed by atoms with E-state index < -0.39 is 10.0 Å². The number of anilines is 1. The largest absolute Gasteiger partial charge is 0.497 e. The van der Waals surface area contributed by atoms with Crippen LogP contribution >= 0.6 is 0 Å². The summed E-state index contributed by atoms with van der Waals surface area (Å²) < 4.78 is 32.0. The number of methoxy groups -OCH3 is 1. The minimum Gasteiger partial charge on any atom is -0.497 e. The van der Waals surface area contributed by atoms with E-state index in [0.717, 1.165) is 0 Å². The van der Waals surface area contributed by atoms with Gasteiger partial charge in [-0.2, -0.15) is 0 Å². The van der Waals surface area contributed by atoms with E-state index in [0.29, 0.717) is 11.3 Å². The van der Waals surface area contributed by atoms with E-state index in [9.17, 15) is 13.2 Å². The van der Waals surface area contributed by atoms with Crippen LogP contribution in [0.15, 0.2) is 53.4 Å². The molecule has 0 atom stereocenters. The first-order valence-electron chi connectivity index (χ1n) is 6.21. The Hall–Kier alpha value is -2.34. The third-order valence-corrected chi connectivity index (χ3v) is 4.30. The molecule has 0 radical (unpaired) electrons. The predicted molar refractivity (Wildman–Crippen MR) is 80.2 cm³/mol. The molecule has 0 amide bonds. The van der Waals surface area contributed by atoms with Crippen molar-refractivity contribution in [2.24, 2.45) is 0 Å². The second-order valence-electron chi connectivity index (χ2n) is 4.38. The van der Waals surface area contributed by atoms with E-state index >= 15 is 0 Å². The van der Waals surface area contributed by atoms with Gasteiger partial charge in [0.25, 0.3) is 10.0 Å². The van der Waals surface area contributed by atoms with Crippen LogP contribution in [0.1, 0.15) is 17.3 Å². The average Bonchev–Trinajstić information content (AvgIpc) is 2.47. The van der Waals surface area contributed by atoms with Crippen LogP contribution in [0.3, 0.4) is 0 Å². The highest BCUT2D eigenvalue weighted by molar-refractivity contribution is 7.92. The summed E-state index contributed by atoms with van der Waals surface area (Å²) in [7, 11) is -2.25. The molecular formula is C15H15NO4S. The van der Waals surface area contributed by atoms with Crippen LogP contribution in [-0.4, -0.2) is 21.3 Å². The van der Waals surface area contributed by atoms with Crippen molar-refractivity contribution in [2.45, 2.75) is 11.8 Å². The zero-order valence-corrected chi connectivity index (χ0v) is 12.5. The molecule has 1 N–H and O–H groups in total. The molecule has 0 unspecified atom stereocenters. The maximum absolute atomic E-state index is 12.3. The van der Waals surface area contributed by atoms with E-state index in [1.807, 2.05) is 0 Å². The first-order valence-corrected chi connectivity index (χ1v) is 7.69. The second-order valence-corrected chi connectivity index (χ2v) is 6.07. The lowest BCUT2D eigenvalue weighted by Crippen LogP contribution is -2.15. The van der Waals surface area contributed by atoms with Crippen molar-refractivity contribution in [3.8, 4) is 5.75 Å². The molecule has 0 aliphatic heterocycles. The van der Waals surface area contributed by atoms with Gasteiger partial charge < -0.3 is 4.74 Å². The summed E-state index contributed by atoms with van der Waals surface area (Å²) in [4.78, 5) is 11.6. The fourth-order valence-corrected chi connectivity index (χ4v) is 2.92. The van der Waals surface area contributed by atoms with Gasteiger partial charge in [-0.1, -0.05) is 12.1 Å². The smallest absolute Gasteiger partial charge is 0.261 e. The maximum Gasteiger partial charge on any atom is 0.261 e. The Morgan fingerprint density at radius 2 is 1.67 bits per heavy atom. The molecule has 2 aromatic carbocycles. The zero-order chi connectivity index (χ0) is 15.5. The summed E-state index contributed by atoms with van der Waals surface area (Å²) in [5.41, 5.74) is 0.593. The molecule has 5 nitrogen and oxygen atoms in total. The van der Waals surface area contributed by atoms with Crippen molar-refractivity contribution >= 4 is 21.5 Å². The van der Waals surface area contributed by atoms with Crippen molar-refractivity contribution in [1.82, 2.24) is 0 Å². The molecule has 0 heterocycles. The molecule has 2 rings (SSSR count). The molecule has 0 fully saturated rings. The lowest BCUT2D eigenvalue weighted by molar-refractivity contribution is 0.101. The van der Waals surface area contributed by atoms with E-state index in [-0.39, 0.29) is 16.4 Å². The van der Waals surface area contributed by atoms with Crippen molar-refractivity contribution in [3.05, 3.63) is 54.1 Å². The highest BCUT2D eigenvalue weighted by Crippen LogP contribution is 2.22. The Labute approximate surface area is 123 Å². The van der Waals surface area contributed by atoms with Crippen molar-refractivity contribution < 1.29 is 17.9 Å². The molecule has 0 aliphatic rings. The average molecular weight is 305 g/mol. The van der Waals surface area contributed by atoms with Gasteiger partial charge in [-0.25, -0.2) is 8.42 Å². The van der Waals surface area contributed by atoms with Crippen molar-refractivity contribution in [2.75, 3.05) is 11.8 Å². The second kappa shape index (κ2) is 5.97. The minimum atomic E-state index is -3.75. The topological polar surface area (TPSA) is 72.5 Å². The third-order valence-electron chi connectivity index (χ3n) is 2.92. The van der Waals surface area contributed by atoms with Gasteiger partial charge in [-0.05, 0) is 43.3 Å². The van der Waals surface area contributed by atoms with E-state index in [2.05, 4.69) is 4.72 Å². The van der Waals surface area contributed by atoms with E-state index in [4.69, 9.17) is 4.74 Å². The third kappa shape index (κ3) is 3.41. The van der Waals surface area contributed by atoms with Gasteiger partial charge in [0, 0.05) is 5.56 Å². The van der Waals surface area contributed by atoms with E-state index in [1.54, 1.807) is 36.4 Å². The lowest BCUT2D eigenvalue weighted by Gasteiger charge is -2.11. The molecule has 0 spiro atoms. The van der Waals surface area contributed by atoms with E-state index in [1.165, 1.54) is 26.2 Å². The minimum absolute atomic E-state index is 0.0988. The number of rotatable bonds is 5. The first-order chi connectivity index (χ1) is 9.94. The number of carbonyl (C=O) groups excluding carboxylic acids is 1. The Morgan fingerprint density at radius 3 is 2.24 bits per heavy atom. The Bertz CT molecular complexity index is 751. The molecule has 21 heavy (non-hydrogen) atoms. The van der Waals surface area contributed by atoms with Gasteiger partial charge in [0.15, 0.2) is 5.78 Å². The normalized spacial score (nSPS) is 11.0. The number of hydrogen-bond donors (Lipinski definition) is 1. The van der Waals surface area contributed by atoms with Crippen molar-refractivity contribution in [3.63, 3.8) is 0 Å². The monoisotopic (exact) mass is 305 g/mol. The lowest BCUT2D eigenvalue weighted by atomic mass is 10.1. The molecule has 110 valence electrons. The summed E-state index contributed by atoms with van der Waals surface area (Å²) in [6.07, 6.45) is 0.